The third-order valence-electron chi connectivity index (χ3n) is 5.33. The minimum Gasteiger partial charge on any atom is -0.306 e. The van der Waals surface area contributed by atoms with Gasteiger partial charge in [0.15, 0.2) is 0 Å². The number of benzene rings is 2. The van der Waals surface area contributed by atoms with Crippen molar-refractivity contribution >= 4 is 0 Å². The van der Waals surface area contributed by atoms with Gasteiger partial charge in [-0.25, -0.2) is 0 Å². The Morgan fingerprint density at radius 1 is 0.857 bits per heavy atom. The van der Waals surface area contributed by atoms with E-state index in [-0.39, 0.29) is 0 Å². The summed E-state index contributed by atoms with van der Waals surface area (Å²) in [5, 5.41) is 0. The standard InChI is InChI=1S/C20H23N/c1-21-11-10-17-13-18(14-21)20-9-5-3-7-16(20)12-15-6-2-4-8-19(15)17/h2-9,17-18H,10-14H2,1H3. The summed E-state index contributed by atoms with van der Waals surface area (Å²) in [7, 11) is 2.28. The van der Waals surface area contributed by atoms with Gasteiger partial charge in [0, 0.05) is 6.54 Å². The molecule has 4 rings (SSSR count). The van der Waals surface area contributed by atoms with Crippen LogP contribution in [0.25, 0.3) is 0 Å². The second kappa shape index (κ2) is 5.31. The molecule has 1 nitrogen and oxygen atoms in total. The molecule has 0 radical (unpaired) electrons. The molecule has 1 heterocycles. The largest absolute Gasteiger partial charge is 0.306 e. The fourth-order valence-corrected chi connectivity index (χ4v) is 4.28. The number of likely N-dealkylation sites (N-methyl/N-ethyl adjacent to an activating group) is 1. The van der Waals surface area contributed by atoms with Crippen LogP contribution in [0.15, 0.2) is 48.5 Å². The first-order chi connectivity index (χ1) is 10.3. The van der Waals surface area contributed by atoms with Crippen molar-refractivity contribution in [3.8, 4) is 0 Å². The zero-order valence-electron chi connectivity index (χ0n) is 12.8. The Hall–Kier alpha value is -1.60. The van der Waals surface area contributed by atoms with Crippen molar-refractivity contribution in [2.45, 2.75) is 31.1 Å². The maximum atomic E-state index is 2.52. The van der Waals surface area contributed by atoms with E-state index in [1.165, 1.54) is 37.1 Å². The molecule has 2 unspecified atom stereocenters. The molecule has 0 N–H and O–H groups in total. The summed E-state index contributed by atoms with van der Waals surface area (Å²) in [6.07, 6.45) is 3.70. The Labute approximate surface area is 127 Å². The van der Waals surface area contributed by atoms with Gasteiger partial charge in [-0.1, -0.05) is 48.5 Å². The van der Waals surface area contributed by atoms with Gasteiger partial charge < -0.3 is 4.90 Å². The highest BCUT2D eigenvalue weighted by Crippen LogP contribution is 2.40. The molecule has 2 bridgehead atoms. The molecule has 1 heteroatoms. The van der Waals surface area contributed by atoms with Crippen molar-refractivity contribution < 1.29 is 0 Å². The molecule has 1 fully saturated rings. The molecule has 108 valence electrons. The van der Waals surface area contributed by atoms with Gasteiger partial charge >= 0.3 is 0 Å². The zero-order valence-corrected chi connectivity index (χ0v) is 12.8. The minimum absolute atomic E-state index is 0.687. The third kappa shape index (κ3) is 2.40. The van der Waals surface area contributed by atoms with Gasteiger partial charge in [-0.2, -0.15) is 0 Å². The van der Waals surface area contributed by atoms with Crippen molar-refractivity contribution in [2.75, 3.05) is 20.1 Å². The van der Waals surface area contributed by atoms with Crippen LogP contribution < -0.4 is 0 Å². The van der Waals surface area contributed by atoms with Crippen LogP contribution in [0.2, 0.25) is 0 Å². The summed E-state index contributed by atoms with van der Waals surface area (Å²) in [5.41, 5.74) is 6.26. The van der Waals surface area contributed by atoms with Gasteiger partial charge in [0.1, 0.15) is 0 Å². The quantitative estimate of drug-likeness (QED) is 0.698. The highest BCUT2D eigenvalue weighted by Gasteiger charge is 2.29. The molecule has 0 saturated carbocycles. The van der Waals surface area contributed by atoms with Gasteiger partial charge in [-0.3, -0.25) is 0 Å². The van der Waals surface area contributed by atoms with E-state index >= 15 is 0 Å². The van der Waals surface area contributed by atoms with E-state index in [1.807, 2.05) is 0 Å². The van der Waals surface area contributed by atoms with E-state index in [2.05, 4.69) is 60.5 Å². The van der Waals surface area contributed by atoms with Gasteiger partial charge in [0.2, 0.25) is 0 Å². The molecule has 0 aromatic heterocycles. The number of rotatable bonds is 0. The molecule has 2 aromatic rings. The monoisotopic (exact) mass is 277 g/mol. The summed E-state index contributed by atoms with van der Waals surface area (Å²) in [6, 6.07) is 18.2. The van der Waals surface area contributed by atoms with Crippen LogP contribution in [-0.4, -0.2) is 25.0 Å². The van der Waals surface area contributed by atoms with Crippen molar-refractivity contribution in [2.24, 2.45) is 0 Å². The average molecular weight is 277 g/mol. The summed E-state index contributed by atoms with van der Waals surface area (Å²) in [6.45, 7) is 2.42. The van der Waals surface area contributed by atoms with Crippen LogP contribution in [-0.2, 0) is 6.42 Å². The highest BCUT2D eigenvalue weighted by molar-refractivity contribution is 5.42. The Morgan fingerprint density at radius 3 is 2.19 bits per heavy atom. The highest BCUT2D eigenvalue weighted by atomic mass is 15.1. The smallest absolute Gasteiger partial charge is 0.00475 e. The van der Waals surface area contributed by atoms with E-state index in [0.717, 1.165) is 12.3 Å². The molecule has 1 aliphatic carbocycles. The Kier molecular flexibility index (Phi) is 3.31. The summed E-state index contributed by atoms with van der Waals surface area (Å²) in [5.74, 6) is 1.41. The van der Waals surface area contributed by atoms with Gasteiger partial charge in [0.25, 0.3) is 0 Å². The van der Waals surface area contributed by atoms with E-state index < -0.39 is 0 Å². The predicted molar refractivity (Wildman–Crippen MR) is 87.9 cm³/mol. The number of nitrogens with zero attached hydrogens (tertiary/aromatic N) is 1. The van der Waals surface area contributed by atoms with E-state index in [1.54, 1.807) is 11.1 Å². The number of fused-ring (bicyclic) bond motifs is 6. The maximum Gasteiger partial charge on any atom is 0.00475 e. The van der Waals surface area contributed by atoms with E-state index in [4.69, 9.17) is 0 Å². The van der Waals surface area contributed by atoms with Crippen LogP contribution in [0.1, 0.15) is 46.9 Å². The van der Waals surface area contributed by atoms with Gasteiger partial charge in [-0.05, 0) is 66.9 Å². The first kappa shape index (κ1) is 13.1. The van der Waals surface area contributed by atoms with Crippen LogP contribution >= 0.6 is 0 Å². The zero-order chi connectivity index (χ0) is 14.2. The minimum atomic E-state index is 0.687. The van der Waals surface area contributed by atoms with E-state index in [0.29, 0.717) is 5.92 Å². The molecule has 2 atom stereocenters. The lowest BCUT2D eigenvalue weighted by Gasteiger charge is -2.28. The number of hydrogen-bond acceptors (Lipinski definition) is 1. The molecule has 0 amide bonds. The van der Waals surface area contributed by atoms with Crippen LogP contribution in [0.3, 0.4) is 0 Å². The molecule has 0 spiro atoms. The van der Waals surface area contributed by atoms with Gasteiger partial charge in [0.05, 0.1) is 0 Å². The average Bonchev–Trinajstić information content (AvgIpc) is 2.70. The van der Waals surface area contributed by atoms with E-state index in [9.17, 15) is 0 Å². The summed E-state index contributed by atoms with van der Waals surface area (Å²) in [4.78, 5) is 2.52. The fraction of sp³-hybridized carbons (Fsp3) is 0.400. The lowest BCUT2D eigenvalue weighted by molar-refractivity contribution is 0.332. The Bertz CT molecular complexity index is 646. The van der Waals surface area contributed by atoms with Crippen LogP contribution in [0, 0.1) is 0 Å². The first-order valence-electron chi connectivity index (χ1n) is 8.15. The van der Waals surface area contributed by atoms with Crippen molar-refractivity contribution in [1.29, 1.82) is 0 Å². The molecule has 1 saturated heterocycles. The number of hydrogen-bond donors (Lipinski definition) is 0. The maximum absolute atomic E-state index is 2.52. The van der Waals surface area contributed by atoms with Gasteiger partial charge in [-0.15, -0.1) is 0 Å². The molecule has 1 aliphatic heterocycles. The van der Waals surface area contributed by atoms with Crippen molar-refractivity contribution in [3.05, 3.63) is 70.8 Å². The molecular formula is C20H23N. The topological polar surface area (TPSA) is 3.24 Å². The Balaban J connectivity index is 1.88. The Morgan fingerprint density at radius 2 is 1.48 bits per heavy atom. The van der Waals surface area contributed by atoms with Crippen molar-refractivity contribution in [3.63, 3.8) is 0 Å². The molecule has 2 aliphatic rings. The second-order valence-electron chi connectivity index (χ2n) is 6.75. The SMILES string of the molecule is CN1CCC2CC(C1)c1ccccc1Cc1ccccc12. The fourth-order valence-electron chi connectivity index (χ4n) is 4.28. The first-order valence-corrected chi connectivity index (χ1v) is 8.15. The predicted octanol–water partition coefficient (Wildman–Crippen LogP) is 4.18. The normalized spacial score (nSPS) is 25.2. The number of likely N-dealkylation sites (tertiary alicyclic amines) is 1. The second-order valence-corrected chi connectivity index (χ2v) is 6.75. The molecular weight excluding hydrogens is 254 g/mol. The lowest BCUT2D eigenvalue weighted by Crippen LogP contribution is -2.23. The molecule has 21 heavy (non-hydrogen) atoms. The molecule has 2 aromatic carbocycles. The summed E-state index contributed by atoms with van der Waals surface area (Å²) >= 11 is 0. The third-order valence-corrected chi connectivity index (χ3v) is 5.33. The summed E-state index contributed by atoms with van der Waals surface area (Å²) < 4.78 is 0. The van der Waals surface area contributed by atoms with Crippen LogP contribution in [0.4, 0.5) is 0 Å². The van der Waals surface area contributed by atoms with Crippen molar-refractivity contribution in [1.82, 2.24) is 4.90 Å². The van der Waals surface area contributed by atoms with Crippen LogP contribution in [0.5, 0.6) is 0 Å². The lowest BCUT2D eigenvalue weighted by atomic mass is 9.77.